The molecule has 1 amide bonds. The van der Waals surface area contributed by atoms with E-state index in [1.54, 1.807) is 6.08 Å². The van der Waals surface area contributed by atoms with Gasteiger partial charge in [0.05, 0.1) is 0 Å². The second-order valence-electron chi connectivity index (χ2n) is 7.68. The molecule has 0 aliphatic rings. The lowest BCUT2D eigenvalue weighted by atomic mass is 10.0. The minimum Gasteiger partial charge on any atom is -0.346 e. The van der Waals surface area contributed by atoms with Crippen LogP contribution >= 0.6 is 0 Å². The Morgan fingerprint density at radius 2 is 1.91 bits per heavy atom. The molecule has 1 aromatic carbocycles. The van der Waals surface area contributed by atoms with Crippen molar-refractivity contribution in [3.8, 4) is 22.3 Å². The van der Waals surface area contributed by atoms with Crippen LogP contribution in [-0.2, 0) is 4.79 Å². The van der Waals surface area contributed by atoms with Crippen molar-refractivity contribution < 1.29 is 4.79 Å². The van der Waals surface area contributed by atoms with Gasteiger partial charge in [-0.1, -0.05) is 31.6 Å². The number of nitrogens with zero attached hydrogens (tertiary/aromatic N) is 2. The number of nitrogens with one attached hydrogen (secondary N) is 3. The molecular weight excluding hydrogens is 398 g/mol. The first kappa shape index (κ1) is 19.8. The van der Waals surface area contributed by atoms with E-state index in [1.165, 1.54) is 0 Å². The summed E-state index contributed by atoms with van der Waals surface area (Å²) in [5.41, 5.74) is 6.59. The summed E-state index contributed by atoms with van der Waals surface area (Å²) < 4.78 is 0. The van der Waals surface area contributed by atoms with Crippen molar-refractivity contribution in [2.75, 3.05) is 5.32 Å². The van der Waals surface area contributed by atoms with Crippen molar-refractivity contribution in [2.45, 2.75) is 19.8 Å². The van der Waals surface area contributed by atoms with E-state index in [0.29, 0.717) is 0 Å². The molecule has 0 spiro atoms. The van der Waals surface area contributed by atoms with Gasteiger partial charge in [0.2, 0.25) is 5.91 Å². The van der Waals surface area contributed by atoms with Gasteiger partial charge in [0, 0.05) is 52.4 Å². The summed E-state index contributed by atoms with van der Waals surface area (Å²) in [6.07, 6.45) is 12.9. The van der Waals surface area contributed by atoms with Gasteiger partial charge >= 0.3 is 0 Å². The second kappa shape index (κ2) is 8.51. The van der Waals surface area contributed by atoms with E-state index >= 15 is 0 Å². The van der Waals surface area contributed by atoms with Crippen LogP contribution in [0, 0.1) is 0 Å². The molecule has 0 unspecified atom stereocenters. The van der Waals surface area contributed by atoms with Gasteiger partial charge in [-0.3, -0.25) is 4.79 Å². The van der Waals surface area contributed by atoms with Crippen LogP contribution < -0.4 is 5.32 Å². The topological polar surface area (TPSA) is 86.5 Å². The molecule has 6 nitrogen and oxygen atoms in total. The number of amides is 1. The van der Waals surface area contributed by atoms with E-state index in [4.69, 9.17) is 0 Å². The molecule has 5 aromatic rings. The Morgan fingerprint density at radius 3 is 2.81 bits per heavy atom. The monoisotopic (exact) mass is 421 g/mol. The lowest BCUT2D eigenvalue weighted by Crippen LogP contribution is -2.07. The predicted molar refractivity (Wildman–Crippen MR) is 129 cm³/mol. The predicted octanol–water partition coefficient (Wildman–Crippen LogP) is 6.07. The normalized spacial score (nSPS) is 11.5. The number of unbranched alkanes of at least 4 members (excludes halogenated alkanes) is 1. The van der Waals surface area contributed by atoms with Crippen molar-refractivity contribution in [2.24, 2.45) is 0 Å². The van der Waals surface area contributed by atoms with Crippen molar-refractivity contribution in [3.05, 3.63) is 79.4 Å². The minimum absolute atomic E-state index is 0.120. The maximum atomic E-state index is 12.1. The molecule has 5 rings (SSSR count). The summed E-state index contributed by atoms with van der Waals surface area (Å²) in [6, 6.07) is 14.0. The first-order valence-corrected chi connectivity index (χ1v) is 10.7. The van der Waals surface area contributed by atoms with Gasteiger partial charge in [0.25, 0.3) is 0 Å². The van der Waals surface area contributed by atoms with Crippen molar-refractivity contribution in [1.29, 1.82) is 0 Å². The van der Waals surface area contributed by atoms with Crippen molar-refractivity contribution >= 4 is 33.7 Å². The summed E-state index contributed by atoms with van der Waals surface area (Å²) >= 11 is 0. The molecule has 4 aromatic heterocycles. The maximum Gasteiger partial charge on any atom is 0.248 e. The van der Waals surface area contributed by atoms with Gasteiger partial charge in [-0.2, -0.15) is 0 Å². The highest BCUT2D eigenvalue weighted by Crippen LogP contribution is 2.34. The standard InChI is InChI=1S/C26H23N5O/c1-2-3-4-8-24(32)31-19-7-5-6-17(13-19)18-14-22-23(16-30-26(22)29-15-18)20-9-11-27-25-21(20)10-12-28-25/h4-16H,2-3H2,1H3,(H,27,28)(H,29,30)(H,31,32)/b8-4+. The number of aromatic amines is 2. The molecule has 0 fully saturated rings. The Balaban J connectivity index is 1.50. The van der Waals surface area contributed by atoms with Gasteiger partial charge in [0.1, 0.15) is 11.3 Å². The van der Waals surface area contributed by atoms with Gasteiger partial charge in [-0.05, 0) is 54.0 Å². The molecule has 3 N–H and O–H groups in total. The lowest BCUT2D eigenvalue weighted by Gasteiger charge is -2.07. The summed E-state index contributed by atoms with van der Waals surface area (Å²) in [5.74, 6) is -0.120. The molecule has 0 atom stereocenters. The van der Waals surface area contributed by atoms with E-state index in [2.05, 4.69) is 38.2 Å². The Bertz CT molecular complexity index is 1440. The maximum absolute atomic E-state index is 12.1. The molecule has 158 valence electrons. The molecule has 0 saturated heterocycles. The van der Waals surface area contributed by atoms with Crippen LogP contribution in [0.4, 0.5) is 5.69 Å². The molecular formula is C26H23N5O. The van der Waals surface area contributed by atoms with Gasteiger partial charge in [0.15, 0.2) is 0 Å². The number of carbonyl (C=O) groups is 1. The zero-order valence-corrected chi connectivity index (χ0v) is 17.7. The Hall–Kier alpha value is -4.19. The van der Waals surface area contributed by atoms with Crippen molar-refractivity contribution in [1.82, 2.24) is 19.9 Å². The largest absolute Gasteiger partial charge is 0.346 e. The molecule has 4 heterocycles. The summed E-state index contributed by atoms with van der Waals surface area (Å²) in [6.45, 7) is 2.09. The van der Waals surface area contributed by atoms with Crippen LogP contribution in [0.15, 0.2) is 79.4 Å². The number of H-pyrrole nitrogens is 2. The van der Waals surface area contributed by atoms with Crippen molar-refractivity contribution in [3.63, 3.8) is 0 Å². The Morgan fingerprint density at radius 1 is 1.00 bits per heavy atom. The van der Waals surface area contributed by atoms with Crippen LogP contribution in [0.2, 0.25) is 0 Å². The molecule has 0 bridgehead atoms. The third kappa shape index (κ3) is 3.78. The number of allylic oxidation sites excluding steroid dienone is 1. The molecule has 0 aliphatic heterocycles. The zero-order valence-electron chi connectivity index (χ0n) is 17.7. The molecule has 0 aliphatic carbocycles. The number of pyridine rings is 2. The number of hydrogen-bond acceptors (Lipinski definition) is 3. The van der Waals surface area contributed by atoms with Gasteiger partial charge < -0.3 is 15.3 Å². The third-order valence-electron chi connectivity index (χ3n) is 5.47. The Labute approximate surface area is 185 Å². The zero-order chi connectivity index (χ0) is 21.9. The highest BCUT2D eigenvalue weighted by molar-refractivity contribution is 6.03. The third-order valence-corrected chi connectivity index (χ3v) is 5.47. The van der Waals surface area contributed by atoms with E-state index in [-0.39, 0.29) is 5.91 Å². The molecule has 0 radical (unpaired) electrons. The summed E-state index contributed by atoms with van der Waals surface area (Å²) in [5, 5.41) is 5.04. The van der Waals surface area contributed by atoms with Crippen LogP contribution in [0.1, 0.15) is 19.8 Å². The fraction of sp³-hybridized carbons (Fsp3) is 0.115. The first-order valence-electron chi connectivity index (χ1n) is 10.7. The summed E-state index contributed by atoms with van der Waals surface area (Å²) in [7, 11) is 0. The lowest BCUT2D eigenvalue weighted by molar-refractivity contribution is -0.111. The van der Waals surface area contributed by atoms with Crippen LogP contribution in [0.3, 0.4) is 0 Å². The Kier molecular flexibility index (Phi) is 5.25. The van der Waals surface area contributed by atoms with E-state index in [0.717, 1.165) is 62.8 Å². The van der Waals surface area contributed by atoms with E-state index in [9.17, 15) is 4.79 Å². The minimum atomic E-state index is -0.120. The number of carbonyl (C=O) groups excluding carboxylic acids is 1. The van der Waals surface area contributed by atoms with E-state index in [1.807, 2.05) is 67.3 Å². The van der Waals surface area contributed by atoms with E-state index < -0.39 is 0 Å². The second-order valence-corrected chi connectivity index (χ2v) is 7.68. The van der Waals surface area contributed by atoms with Gasteiger partial charge in [-0.15, -0.1) is 0 Å². The first-order chi connectivity index (χ1) is 15.7. The number of fused-ring (bicyclic) bond motifs is 2. The van der Waals surface area contributed by atoms with Crippen LogP contribution in [0.5, 0.6) is 0 Å². The molecule has 0 saturated carbocycles. The van der Waals surface area contributed by atoms with Crippen LogP contribution in [-0.4, -0.2) is 25.8 Å². The molecule has 32 heavy (non-hydrogen) atoms. The van der Waals surface area contributed by atoms with Crippen LogP contribution in [0.25, 0.3) is 44.3 Å². The highest BCUT2D eigenvalue weighted by Gasteiger charge is 2.13. The number of anilines is 1. The highest BCUT2D eigenvalue weighted by atomic mass is 16.1. The number of benzene rings is 1. The fourth-order valence-corrected chi connectivity index (χ4v) is 3.90. The SMILES string of the molecule is CCC/C=C/C(=O)Nc1cccc(-c2cnc3[nH]cc(-c4ccnc5[nH]ccc45)c3c2)c1. The fourth-order valence-electron chi connectivity index (χ4n) is 3.90. The average Bonchev–Trinajstić information content (AvgIpc) is 3.46. The smallest absolute Gasteiger partial charge is 0.248 e. The number of hydrogen-bond donors (Lipinski definition) is 3. The van der Waals surface area contributed by atoms with Gasteiger partial charge in [-0.25, -0.2) is 9.97 Å². The average molecular weight is 422 g/mol. The number of rotatable bonds is 6. The summed E-state index contributed by atoms with van der Waals surface area (Å²) in [4.78, 5) is 27.6. The molecule has 6 heteroatoms. The number of aromatic nitrogens is 4. The quantitative estimate of drug-likeness (QED) is 0.291.